The normalized spacial score (nSPS) is 12.2. The first-order chi connectivity index (χ1) is 13.6. The molecule has 0 radical (unpaired) electrons. The molecule has 0 saturated carbocycles. The monoisotopic (exact) mass is 388 g/mol. The van der Waals surface area contributed by atoms with Crippen molar-refractivity contribution in [3.8, 4) is 0 Å². The summed E-state index contributed by atoms with van der Waals surface area (Å²) in [5.74, 6) is 0.0245. The van der Waals surface area contributed by atoms with Crippen LogP contribution in [0.4, 0.5) is 0 Å². The Morgan fingerprint density at radius 3 is 2.71 bits per heavy atom. The van der Waals surface area contributed by atoms with Crippen molar-refractivity contribution >= 4 is 28.3 Å². The predicted molar refractivity (Wildman–Crippen MR) is 111 cm³/mol. The van der Waals surface area contributed by atoms with Gasteiger partial charge in [-0.1, -0.05) is 60.3 Å². The summed E-state index contributed by atoms with van der Waals surface area (Å²) >= 11 is 1.65. The van der Waals surface area contributed by atoms with Crippen LogP contribution in [-0.2, 0) is 13.5 Å². The van der Waals surface area contributed by atoms with Gasteiger partial charge in [0, 0.05) is 30.3 Å². The number of thioether (sulfide) groups is 1. The molecular weight excluding hydrogens is 368 g/mol. The Kier molecular flexibility index (Phi) is 5.21. The Hall–Kier alpha value is -2.99. The molecule has 0 aliphatic carbocycles. The van der Waals surface area contributed by atoms with Gasteiger partial charge < -0.3 is 4.57 Å². The van der Waals surface area contributed by atoms with E-state index < -0.39 is 0 Å². The zero-order valence-corrected chi connectivity index (χ0v) is 16.6. The van der Waals surface area contributed by atoms with E-state index in [0.29, 0.717) is 12.1 Å². The van der Waals surface area contributed by atoms with Crippen LogP contribution in [0.2, 0.25) is 0 Å². The van der Waals surface area contributed by atoms with Crippen molar-refractivity contribution < 1.29 is 4.79 Å². The van der Waals surface area contributed by atoms with E-state index in [1.807, 2.05) is 54.1 Å². The van der Waals surface area contributed by atoms with Crippen LogP contribution in [-0.4, -0.2) is 25.5 Å². The first kappa shape index (κ1) is 18.4. The number of fused-ring (bicyclic) bond motifs is 1. The number of aromatic nitrogens is 4. The van der Waals surface area contributed by atoms with Gasteiger partial charge in [-0.2, -0.15) is 0 Å². The molecule has 5 nitrogen and oxygen atoms in total. The van der Waals surface area contributed by atoms with Crippen LogP contribution < -0.4 is 0 Å². The molecule has 0 bridgehead atoms. The van der Waals surface area contributed by atoms with Gasteiger partial charge in [0.15, 0.2) is 10.9 Å². The molecule has 4 aromatic rings. The first-order valence-electron chi connectivity index (χ1n) is 9.07. The minimum Gasteiger partial charge on any atom is -0.312 e. The molecule has 0 amide bonds. The van der Waals surface area contributed by atoms with Crippen molar-refractivity contribution in [2.75, 3.05) is 0 Å². The third kappa shape index (κ3) is 3.97. The van der Waals surface area contributed by atoms with Gasteiger partial charge in [0.2, 0.25) is 0 Å². The summed E-state index contributed by atoms with van der Waals surface area (Å²) in [6.45, 7) is 2.13. The maximum Gasteiger partial charge on any atom is 0.191 e. The summed E-state index contributed by atoms with van der Waals surface area (Å²) < 4.78 is 1.90. The molecule has 0 aliphatic heterocycles. The zero-order chi connectivity index (χ0) is 19.5. The number of benzene rings is 2. The molecule has 1 atom stereocenters. The molecule has 2 aromatic carbocycles. The highest BCUT2D eigenvalue weighted by molar-refractivity contribution is 7.99. The molecular formula is C22H20N4OS. The Morgan fingerprint density at radius 1 is 1.11 bits per heavy atom. The number of ketones is 1. The summed E-state index contributed by atoms with van der Waals surface area (Å²) in [4.78, 5) is 17.1. The van der Waals surface area contributed by atoms with E-state index in [1.54, 1.807) is 24.3 Å². The van der Waals surface area contributed by atoms with E-state index in [-0.39, 0.29) is 11.0 Å². The molecule has 1 unspecified atom stereocenters. The highest BCUT2D eigenvalue weighted by Gasteiger charge is 2.14. The third-order valence-electron chi connectivity index (χ3n) is 4.65. The third-order valence-corrected chi connectivity index (χ3v) is 5.86. The molecule has 0 N–H and O–H groups in total. The Balaban J connectivity index is 1.50. The molecule has 0 fully saturated rings. The van der Waals surface area contributed by atoms with Crippen molar-refractivity contribution in [3.63, 3.8) is 0 Å². The van der Waals surface area contributed by atoms with Crippen LogP contribution >= 0.6 is 11.8 Å². The topological polar surface area (TPSA) is 60.7 Å². The fourth-order valence-electron chi connectivity index (χ4n) is 3.07. The highest BCUT2D eigenvalue weighted by atomic mass is 32.2. The van der Waals surface area contributed by atoms with E-state index in [1.165, 1.54) is 0 Å². The summed E-state index contributed by atoms with van der Waals surface area (Å²) in [6.07, 6.45) is 3.79. The molecule has 28 heavy (non-hydrogen) atoms. The largest absolute Gasteiger partial charge is 0.312 e. The standard InChI is InChI=1S/C22H20N4OS/c1-15(28-22-25-24-14-26(22)2)17-9-5-6-16(10-17)11-21(27)20-12-18-7-3-4-8-19(18)13-23-20/h3-10,12-15H,11H2,1-2H3. The van der Waals surface area contributed by atoms with E-state index in [2.05, 4.69) is 34.2 Å². The van der Waals surface area contributed by atoms with Gasteiger partial charge in [0.1, 0.15) is 12.0 Å². The van der Waals surface area contributed by atoms with E-state index in [0.717, 1.165) is 27.1 Å². The number of carbonyl (C=O) groups is 1. The Bertz CT molecular complexity index is 1140. The first-order valence-corrected chi connectivity index (χ1v) is 9.95. The molecule has 140 valence electrons. The lowest BCUT2D eigenvalue weighted by molar-refractivity contribution is 0.0988. The minimum atomic E-state index is 0.0245. The molecule has 0 saturated heterocycles. The average Bonchev–Trinajstić information content (AvgIpc) is 3.12. The van der Waals surface area contributed by atoms with Crippen LogP contribution in [0.5, 0.6) is 0 Å². The molecule has 0 aliphatic rings. The predicted octanol–water partition coefficient (Wildman–Crippen LogP) is 4.64. The van der Waals surface area contributed by atoms with Gasteiger partial charge in [0.05, 0.1) is 0 Å². The van der Waals surface area contributed by atoms with Crippen LogP contribution in [0, 0.1) is 0 Å². The smallest absolute Gasteiger partial charge is 0.191 e. The number of carbonyl (C=O) groups excluding carboxylic acids is 1. The zero-order valence-electron chi connectivity index (χ0n) is 15.7. The summed E-state index contributed by atoms with van der Waals surface area (Å²) in [5, 5.41) is 11.2. The van der Waals surface area contributed by atoms with Crippen molar-refractivity contribution in [2.45, 2.75) is 23.8 Å². The quantitative estimate of drug-likeness (QED) is 0.356. The fraction of sp³-hybridized carbons (Fsp3) is 0.182. The lowest BCUT2D eigenvalue weighted by Gasteiger charge is -2.12. The minimum absolute atomic E-state index is 0.0245. The van der Waals surface area contributed by atoms with Gasteiger partial charge in [-0.05, 0) is 29.5 Å². The van der Waals surface area contributed by atoms with Gasteiger partial charge >= 0.3 is 0 Å². The van der Waals surface area contributed by atoms with Crippen LogP contribution in [0.3, 0.4) is 0 Å². The number of aryl methyl sites for hydroxylation is 1. The van der Waals surface area contributed by atoms with Crippen LogP contribution in [0.15, 0.2) is 72.3 Å². The van der Waals surface area contributed by atoms with Crippen molar-refractivity contribution in [2.24, 2.45) is 7.05 Å². The molecule has 4 rings (SSSR count). The van der Waals surface area contributed by atoms with Crippen molar-refractivity contribution in [1.82, 2.24) is 19.7 Å². The molecule has 2 heterocycles. The number of hydrogen-bond acceptors (Lipinski definition) is 5. The number of rotatable bonds is 6. The average molecular weight is 388 g/mol. The number of pyridine rings is 1. The van der Waals surface area contributed by atoms with E-state index >= 15 is 0 Å². The van der Waals surface area contributed by atoms with Gasteiger partial charge in [0.25, 0.3) is 0 Å². The fourth-order valence-corrected chi connectivity index (χ4v) is 3.98. The lowest BCUT2D eigenvalue weighted by Crippen LogP contribution is -2.06. The van der Waals surface area contributed by atoms with Crippen LogP contribution in [0.1, 0.15) is 33.8 Å². The maximum atomic E-state index is 12.8. The number of Topliss-reactive ketones (excluding diaryl/α,β-unsaturated/α-hetero) is 1. The Labute approximate surface area is 167 Å². The van der Waals surface area contributed by atoms with Crippen molar-refractivity contribution in [3.05, 3.63) is 83.9 Å². The van der Waals surface area contributed by atoms with Gasteiger partial charge in [-0.25, -0.2) is 0 Å². The summed E-state index contributed by atoms with van der Waals surface area (Å²) in [7, 11) is 1.93. The lowest BCUT2D eigenvalue weighted by atomic mass is 10.0. The second kappa shape index (κ2) is 7.94. The highest BCUT2D eigenvalue weighted by Crippen LogP contribution is 2.33. The molecule has 2 aromatic heterocycles. The van der Waals surface area contributed by atoms with Gasteiger partial charge in [-0.15, -0.1) is 10.2 Å². The molecule has 0 spiro atoms. The summed E-state index contributed by atoms with van der Waals surface area (Å²) in [5.41, 5.74) is 2.65. The second-order valence-electron chi connectivity index (χ2n) is 6.75. The number of hydrogen-bond donors (Lipinski definition) is 0. The summed E-state index contributed by atoms with van der Waals surface area (Å²) in [6, 6.07) is 18.0. The number of nitrogens with zero attached hydrogens (tertiary/aromatic N) is 4. The van der Waals surface area contributed by atoms with Crippen molar-refractivity contribution in [1.29, 1.82) is 0 Å². The maximum absolute atomic E-state index is 12.8. The van der Waals surface area contributed by atoms with E-state index in [4.69, 9.17) is 0 Å². The SMILES string of the molecule is CC(Sc1nncn1C)c1cccc(CC(=O)c2cc3ccccc3cn2)c1. The Morgan fingerprint density at radius 2 is 1.93 bits per heavy atom. The van der Waals surface area contributed by atoms with Crippen LogP contribution in [0.25, 0.3) is 10.8 Å². The second-order valence-corrected chi connectivity index (χ2v) is 8.05. The van der Waals surface area contributed by atoms with E-state index in [9.17, 15) is 4.79 Å². The molecule has 6 heteroatoms. The van der Waals surface area contributed by atoms with Gasteiger partial charge in [-0.3, -0.25) is 9.78 Å².